The molecule has 8 heteroatoms. The minimum Gasteiger partial charge on any atom is -0.444 e. The van der Waals surface area contributed by atoms with E-state index in [2.05, 4.69) is 27.1 Å². The Balaban J connectivity index is 2.28. The maximum atomic E-state index is 12.6. The highest BCUT2D eigenvalue weighted by Gasteiger charge is 2.39. The first kappa shape index (κ1) is 19.7. The van der Waals surface area contributed by atoms with Crippen LogP contribution in [0.2, 0.25) is 0 Å². The highest BCUT2D eigenvalue weighted by Crippen LogP contribution is 2.32. The van der Waals surface area contributed by atoms with Crippen LogP contribution in [0.25, 0.3) is 0 Å². The number of aromatic nitrogens is 2. The van der Waals surface area contributed by atoms with Crippen molar-refractivity contribution in [1.82, 2.24) is 14.7 Å². The molecule has 2 atom stereocenters. The number of hydrogen-bond donors (Lipinski definition) is 0. The van der Waals surface area contributed by atoms with Crippen molar-refractivity contribution in [3.8, 4) is 6.07 Å². The van der Waals surface area contributed by atoms with Crippen molar-refractivity contribution in [2.45, 2.75) is 58.2 Å². The van der Waals surface area contributed by atoms with E-state index >= 15 is 0 Å². The number of nitriles is 1. The molecule has 0 aliphatic carbocycles. The Labute approximate surface area is 157 Å². The summed E-state index contributed by atoms with van der Waals surface area (Å²) in [4.78, 5) is 14.3. The molecule has 1 aliphatic rings. The van der Waals surface area contributed by atoms with Crippen LogP contribution in [-0.4, -0.2) is 52.7 Å². The molecule has 1 amide bonds. The first-order valence-electron chi connectivity index (χ1n) is 8.37. The third-order valence-corrected chi connectivity index (χ3v) is 4.69. The van der Waals surface area contributed by atoms with Gasteiger partial charge in [0.1, 0.15) is 21.8 Å². The van der Waals surface area contributed by atoms with Crippen LogP contribution in [0.5, 0.6) is 0 Å². The van der Waals surface area contributed by atoms with Gasteiger partial charge in [-0.2, -0.15) is 10.4 Å². The molecule has 0 aromatic carbocycles. The van der Waals surface area contributed by atoms with Gasteiger partial charge < -0.3 is 14.4 Å². The van der Waals surface area contributed by atoms with Crippen molar-refractivity contribution in [2.24, 2.45) is 0 Å². The second-order valence-electron chi connectivity index (χ2n) is 7.15. The molecule has 25 heavy (non-hydrogen) atoms. The molecule has 0 bridgehead atoms. The first-order chi connectivity index (χ1) is 11.7. The van der Waals surface area contributed by atoms with Crippen LogP contribution in [0.3, 0.4) is 0 Å². The number of nitrogens with zero attached hydrogens (tertiary/aromatic N) is 4. The maximum absolute atomic E-state index is 12.6. The third kappa shape index (κ3) is 4.33. The van der Waals surface area contributed by atoms with Gasteiger partial charge in [-0.15, -0.1) is 0 Å². The van der Waals surface area contributed by atoms with Gasteiger partial charge in [-0.05, 0) is 49.5 Å². The van der Waals surface area contributed by atoms with Crippen LogP contribution < -0.4 is 0 Å². The SMILES string of the molecule is CCc1c(C#N)c(Br)nn1[C@H]1C[C@H](COC)N(C(=O)OC(C)(C)C)C1. The van der Waals surface area contributed by atoms with E-state index in [1.807, 2.05) is 32.4 Å². The lowest BCUT2D eigenvalue weighted by atomic mass is 10.1. The Morgan fingerprint density at radius 2 is 2.16 bits per heavy atom. The van der Waals surface area contributed by atoms with Gasteiger partial charge >= 0.3 is 6.09 Å². The number of amides is 1. The smallest absolute Gasteiger partial charge is 0.410 e. The zero-order valence-corrected chi connectivity index (χ0v) is 17.0. The zero-order valence-electron chi connectivity index (χ0n) is 15.4. The molecule has 1 aromatic rings. The van der Waals surface area contributed by atoms with E-state index in [1.165, 1.54) is 0 Å². The van der Waals surface area contributed by atoms with Crippen molar-refractivity contribution in [3.05, 3.63) is 15.9 Å². The van der Waals surface area contributed by atoms with Gasteiger partial charge in [-0.25, -0.2) is 4.79 Å². The van der Waals surface area contributed by atoms with E-state index in [1.54, 1.807) is 12.0 Å². The molecule has 1 fully saturated rings. The minimum atomic E-state index is -0.552. The molecule has 0 radical (unpaired) electrons. The number of hydrogen-bond acceptors (Lipinski definition) is 5. The summed E-state index contributed by atoms with van der Waals surface area (Å²) in [6.45, 7) is 8.46. The quantitative estimate of drug-likeness (QED) is 0.757. The second kappa shape index (κ2) is 7.75. The van der Waals surface area contributed by atoms with Gasteiger partial charge in [0.25, 0.3) is 0 Å². The van der Waals surface area contributed by atoms with Gasteiger partial charge in [0.05, 0.1) is 24.4 Å². The Hall–Kier alpha value is -1.59. The number of rotatable bonds is 4. The molecule has 2 heterocycles. The van der Waals surface area contributed by atoms with Gasteiger partial charge in [0.15, 0.2) is 0 Å². The molecule has 7 nitrogen and oxygen atoms in total. The molecular formula is C17H25BrN4O3. The van der Waals surface area contributed by atoms with Crippen LogP contribution in [-0.2, 0) is 15.9 Å². The summed E-state index contributed by atoms with van der Waals surface area (Å²) < 4.78 is 13.2. The molecule has 0 saturated carbocycles. The Morgan fingerprint density at radius 3 is 2.68 bits per heavy atom. The lowest BCUT2D eigenvalue weighted by Crippen LogP contribution is -2.41. The van der Waals surface area contributed by atoms with Crippen LogP contribution in [0.4, 0.5) is 4.79 Å². The van der Waals surface area contributed by atoms with Gasteiger partial charge in [0.2, 0.25) is 0 Å². The Kier molecular flexibility index (Phi) is 6.12. The first-order valence-corrected chi connectivity index (χ1v) is 9.16. The number of carbonyl (C=O) groups is 1. The monoisotopic (exact) mass is 412 g/mol. The number of methoxy groups -OCH3 is 1. The van der Waals surface area contributed by atoms with Crippen LogP contribution >= 0.6 is 15.9 Å². The standard InChI is InChI=1S/C17H25BrN4O3/c1-6-14-13(8-19)15(18)20-22(14)11-7-12(10-24-5)21(9-11)16(23)25-17(2,3)4/h11-12H,6-7,9-10H2,1-5H3/t11-,12+/m0/s1. The topological polar surface area (TPSA) is 80.4 Å². The summed E-state index contributed by atoms with van der Waals surface area (Å²) in [5, 5.41) is 13.8. The molecule has 0 spiro atoms. The van der Waals surface area contributed by atoms with Crippen molar-refractivity contribution < 1.29 is 14.3 Å². The van der Waals surface area contributed by atoms with E-state index in [-0.39, 0.29) is 18.2 Å². The lowest BCUT2D eigenvalue weighted by Gasteiger charge is -2.28. The summed E-state index contributed by atoms with van der Waals surface area (Å²) in [6, 6.07) is 2.11. The second-order valence-corrected chi connectivity index (χ2v) is 7.90. The summed E-state index contributed by atoms with van der Waals surface area (Å²) in [5.41, 5.74) is 0.882. The normalized spacial score (nSPS) is 20.6. The van der Waals surface area contributed by atoms with E-state index in [4.69, 9.17) is 9.47 Å². The van der Waals surface area contributed by atoms with E-state index in [9.17, 15) is 10.1 Å². The third-order valence-electron chi connectivity index (χ3n) is 4.14. The van der Waals surface area contributed by atoms with Crippen molar-refractivity contribution in [3.63, 3.8) is 0 Å². The average molecular weight is 413 g/mol. The molecule has 0 unspecified atom stereocenters. The minimum absolute atomic E-state index is 0.0129. The summed E-state index contributed by atoms with van der Waals surface area (Å²) in [7, 11) is 1.62. The fraction of sp³-hybridized carbons (Fsp3) is 0.706. The molecule has 1 aliphatic heterocycles. The van der Waals surface area contributed by atoms with Gasteiger partial charge in [0, 0.05) is 13.7 Å². The largest absolute Gasteiger partial charge is 0.444 e. The van der Waals surface area contributed by atoms with Crippen LogP contribution in [0.15, 0.2) is 4.60 Å². The van der Waals surface area contributed by atoms with Crippen molar-refractivity contribution >= 4 is 22.0 Å². The van der Waals surface area contributed by atoms with Crippen molar-refractivity contribution in [2.75, 3.05) is 20.3 Å². The molecule has 0 N–H and O–H groups in total. The number of ether oxygens (including phenoxy) is 2. The van der Waals surface area contributed by atoms with Crippen LogP contribution in [0, 0.1) is 11.3 Å². The van der Waals surface area contributed by atoms with Gasteiger partial charge in [-0.1, -0.05) is 6.92 Å². The van der Waals surface area contributed by atoms with Crippen LogP contribution in [0.1, 0.15) is 51.4 Å². The molecule has 138 valence electrons. The van der Waals surface area contributed by atoms with E-state index in [0.717, 1.165) is 5.69 Å². The van der Waals surface area contributed by atoms with Gasteiger partial charge in [-0.3, -0.25) is 4.68 Å². The summed E-state index contributed by atoms with van der Waals surface area (Å²) >= 11 is 3.36. The van der Waals surface area contributed by atoms with Crippen molar-refractivity contribution in [1.29, 1.82) is 5.26 Å². The molecule has 1 saturated heterocycles. The fourth-order valence-electron chi connectivity index (χ4n) is 3.15. The lowest BCUT2D eigenvalue weighted by molar-refractivity contribution is 0.0145. The summed E-state index contributed by atoms with van der Waals surface area (Å²) in [6.07, 6.45) is 1.06. The number of carbonyl (C=O) groups excluding carboxylic acids is 1. The zero-order chi connectivity index (χ0) is 18.8. The Morgan fingerprint density at radius 1 is 1.48 bits per heavy atom. The average Bonchev–Trinajstić information content (AvgIpc) is 3.06. The predicted octanol–water partition coefficient (Wildman–Crippen LogP) is 3.28. The molecular weight excluding hydrogens is 388 g/mol. The van der Waals surface area contributed by atoms with E-state index in [0.29, 0.717) is 36.2 Å². The molecule has 1 aromatic heterocycles. The van der Waals surface area contributed by atoms with E-state index < -0.39 is 5.60 Å². The number of likely N-dealkylation sites (tertiary alicyclic amines) is 1. The summed E-state index contributed by atoms with van der Waals surface area (Å²) in [5.74, 6) is 0. The molecule has 2 rings (SSSR count). The predicted molar refractivity (Wildman–Crippen MR) is 96.3 cm³/mol. The Bertz CT molecular complexity index is 675. The number of halogens is 1. The highest BCUT2D eigenvalue weighted by atomic mass is 79.9. The highest BCUT2D eigenvalue weighted by molar-refractivity contribution is 9.10. The maximum Gasteiger partial charge on any atom is 0.410 e. The fourth-order valence-corrected chi connectivity index (χ4v) is 3.64.